The molecule has 1 atom stereocenters. The standard InChI is InChI=1S/C18H24N4O3S/c1-14-8-16(10-19-9-14)18(23)22-12-15(5-6-20-26(2,24)25)11-21-7-3-4-17(21)13-22/h3-4,7-10,15,20H,5-6,11-13H2,1-2H3/t15-/m0/s1. The number of nitrogens with zero attached hydrogens (tertiary/aromatic N) is 3. The van der Waals surface area contributed by atoms with E-state index in [4.69, 9.17) is 0 Å². The summed E-state index contributed by atoms with van der Waals surface area (Å²) in [4.78, 5) is 18.9. The zero-order valence-corrected chi connectivity index (χ0v) is 15.9. The first kappa shape index (κ1) is 18.6. The largest absolute Gasteiger partial charge is 0.349 e. The number of rotatable bonds is 5. The Morgan fingerprint density at radius 2 is 2.15 bits per heavy atom. The number of sulfonamides is 1. The summed E-state index contributed by atoms with van der Waals surface area (Å²) in [6.45, 7) is 4.17. The van der Waals surface area contributed by atoms with E-state index >= 15 is 0 Å². The average molecular weight is 376 g/mol. The van der Waals surface area contributed by atoms with Gasteiger partial charge in [0.2, 0.25) is 10.0 Å². The van der Waals surface area contributed by atoms with Gasteiger partial charge in [0.25, 0.3) is 5.91 Å². The number of carbonyl (C=O) groups excluding carboxylic acids is 1. The molecule has 0 unspecified atom stereocenters. The van der Waals surface area contributed by atoms with Crippen LogP contribution in [0.3, 0.4) is 0 Å². The van der Waals surface area contributed by atoms with Gasteiger partial charge < -0.3 is 9.47 Å². The Labute approximate surface area is 154 Å². The zero-order chi connectivity index (χ0) is 18.7. The summed E-state index contributed by atoms with van der Waals surface area (Å²) in [6.07, 6.45) is 7.16. The van der Waals surface area contributed by atoms with E-state index in [9.17, 15) is 13.2 Å². The molecule has 1 amide bonds. The van der Waals surface area contributed by atoms with Crippen molar-refractivity contribution in [2.24, 2.45) is 5.92 Å². The highest BCUT2D eigenvalue weighted by Gasteiger charge is 2.25. The van der Waals surface area contributed by atoms with Gasteiger partial charge in [0.05, 0.1) is 18.4 Å². The lowest BCUT2D eigenvalue weighted by molar-refractivity contribution is 0.0718. The molecule has 0 aromatic carbocycles. The van der Waals surface area contributed by atoms with Crippen LogP contribution in [0.1, 0.15) is 28.0 Å². The molecule has 0 radical (unpaired) electrons. The van der Waals surface area contributed by atoms with Crippen LogP contribution in [0.25, 0.3) is 0 Å². The lowest BCUT2D eigenvalue weighted by Gasteiger charge is -2.24. The third-order valence-corrected chi connectivity index (χ3v) is 5.26. The Kier molecular flexibility index (Phi) is 5.43. The first-order chi connectivity index (χ1) is 12.3. The van der Waals surface area contributed by atoms with Crippen molar-refractivity contribution in [3.8, 4) is 0 Å². The van der Waals surface area contributed by atoms with E-state index in [1.54, 1.807) is 12.4 Å². The molecular weight excluding hydrogens is 352 g/mol. The molecular formula is C18H24N4O3S. The minimum Gasteiger partial charge on any atom is -0.349 e. The molecule has 0 saturated heterocycles. The molecule has 140 valence electrons. The molecule has 3 heterocycles. The van der Waals surface area contributed by atoms with E-state index < -0.39 is 10.0 Å². The number of pyridine rings is 1. The van der Waals surface area contributed by atoms with Crippen molar-refractivity contribution in [2.75, 3.05) is 19.3 Å². The highest BCUT2D eigenvalue weighted by Crippen LogP contribution is 2.21. The minimum atomic E-state index is -3.21. The number of amides is 1. The molecule has 2 aromatic rings. The minimum absolute atomic E-state index is 0.0445. The molecule has 26 heavy (non-hydrogen) atoms. The molecule has 2 aromatic heterocycles. The molecule has 0 fully saturated rings. The van der Waals surface area contributed by atoms with Crippen LogP contribution >= 0.6 is 0 Å². The Morgan fingerprint density at radius 1 is 1.35 bits per heavy atom. The summed E-state index contributed by atoms with van der Waals surface area (Å²) in [5, 5.41) is 0. The van der Waals surface area contributed by atoms with Crippen LogP contribution in [0.2, 0.25) is 0 Å². The van der Waals surface area contributed by atoms with E-state index in [1.807, 2.05) is 36.2 Å². The summed E-state index contributed by atoms with van der Waals surface area (Å²) in [5.41, 5.74) is 2.61. The lowest BCUT2D eigenvalue weighted by atomic mass is 10.0. The van der Waals surface area contributed by atoms with Gasteiger partial charge in [-0.25, -0.2) is 13.1 Å². The van der Waals surface area contributed by atoms with E-state index in [-0.39, 0.29) is 11.8 Å². The normalized spacial score (nSPS) is 17.6. The van der Waals surface area contributed by atoms with Gasteiger partial charge in [-0.15, -0.1) is 0 Å². The van der Waals surface area contributed by atoms with Crippen molar-refractivity contribution in [1.29, 1.82) is 0 Å². The van der Waals surface area contributed by atoms with Crippen molar-refractivity contribution in [3.05, 3.63) is 53.6 Å². The number of aromatic nitrogens is 2. The fraction of sp³-hybridized carbons (Fsp3) is 0.444. The Hall–Kier alpha value is -2.19. The van der Waals surface area contributed by atoms with Crippen LogP contribution in [0.5, 0.6) is 0 Å². The van der Waals surface area contributed by atoms with Crippen LogP contribution in [0, 0.1) is 12.8 Å². The van der Waals surface area contributed by atoms with Crippen molar-refractivity contribution in [3.63, 3.8) is 0 Å². The molecule has 0 spiro atoms. The number of fused-ring (bicyclic) bond motifs is 1. The number of carbonyl (C=O) groups is 1. The van der Waals surface area contributed by atoms with Gasteiger partial charge >= 0.3 is 0 Å². The van der Waals surface area contributed by atoms with Crippen LogP contribution in [-0.2, 0) is 23.1 Å². The number of nitrogens with one attached hydrogen (secondary N) is 1. The Morgan fingerprint density at radius 3 is 2.88 bits per heavy atom. The van der Waals surface area contributed by atoms with Gasteiger partial charge in [0.1, 0.15) is 0 Å². The first-order valence-electron chi connectivity index (χ1n) is 8.61. The molecule has 0 saturated carbocycles. The quantitative estimate of drug-likeness (QED) is 0.855. The van der Waals surface area contributed by atoms with Gasteiger partial charge in [-0.05, 0) is 43.0 Å². The van der Waals surface area contributed by atoms with Crippen LogP contribution in [-0.4, -0.2) is 48.1 Å². The van der Waals surface area contributed by atoms with Gasteiger partial charge in [0.15, 0.2) is 0 Å². The predicted molar refractivity (Wildman–Crippen MR) is 99.1 cm³/mol. The highest BCUT2D eigenvalue weighted by atomic mass is 32.2. The average Bonchev–Trinajstić information content (AvgIpc) is 2.91. The number of hydrogen-bond donors (Lipinski definition) is 1. The van der Waals surface area contributed by atoms with Gasteiger partial charge in [-0.1, -0.05) is 0 Å². The summed E-state index contributed by atoms with van der Waals surface area (Å²) in [6, 6.07) is 5.84. The Balaban J connectivity index is 1.78. The maximum absolute atomic E-state index is 13.0. The lowest BCUT2D eigenvalue weighted by Crippen LogP contribution is -2.35. The van der Waals surface area contributed by atoms with Crippen LogP contribution in [0.4, 0.5) is 0 Å². The molecule has 8 heteroatoms. The summed E-state index contributed by atoms with van der Waals surface area (Å²) >= 11 is 0. The molecule has 7 nitrogen and oxygen atoms in total. The maximum atomic E-state index is 13.0. The van der Waals surface area contributed by atoms with Gasteiger partial charge in [0, 0.05) is 43.9 Å². The number of aryl methyl sites for hydroxylation is 1. The maximum Gasteiger partial charge on any atom is 0.255 e. The van der Waals surface area contributed by atoms with E-state index in [1.165, 1.54) is 0 Å². The first-order valence-corrected chi connectivity index (χ1v) is 10.5. The van der Waals surface area contributed by atoms with Crippen LogP contribution < -0.4 is 4.72 Å². The van der Waals surface area contributed by atoms with E-state index in [0.717, 1.165) is 24.1 Å². The van der Waals surface area contributed by atoms with Crippen molar-refractivity contribution in [1.82, 2.24) is 19.2 Å². The highest BCUT2D eigenvalue weighted by molar-refractivity contribution is 7.88. The Bertz CT molecular complexity index is 891. The SMILES string of the molecule is Cc1cncc(C(=O)N2Cc3cccn3C[C@H](CCNS(C)(=O)=O)C2)c1. The molecule has 1 N–H and O–H groups in total. The molecule has 1 aliphatic rings. The van der Waals surface area contributed by atoms with Crippen molar-refractivity contribution in [2.45, 2.75) is 26.4 Å². The van der Waals surface area contributed by atoms with Gasteiger partial charge in [-0.3, -0.25) is 9.78 Å². The number of hydrogen-bond acceptors (Lipinski definition) is 4. The van der Waals surface area contributed by atoms with Gasteiger partial charge in [-0.2, -0.15) is 0 Å². The topological polar surface area (TPSA) is 84.3 Å². The summed E-state index contributed by atoms with van der Waals surface area (Å²) in [7, 11) is -3.21. The monoisotopic (exact) mass is 376 g/mol. The fourth-order valence-corrected chi connectivity index (χ4v) is 3.81. The molecule has 0 bridgehead atoms. The molecule has 1 aliphatic heterocycles. The van der Waals surface area contributed by atoms with Crippen molar-refractivity contribution >= 4 is 15.9 Å². The van der Waals surface area contributed by atoms with Crippen molar-refractivity contribution < 1.29 is 13.2 Å². The smallest absolute Gasteiger partial charge is 0.255 e. The zero-order valence-electron chi connectivity index (χ0n) is 15.1. The predicted octanol–water partition coefficient (Wildman–Crippen LogP) is 1.40. The summed E-state index contributed by atoms with van der Waals surface area (Å²) in [5.74, 6) is 0.122. The molecule has 3 rings (SSSR count). The van der Waals surface area contributed by atoms with Crippen LogP contribution in [0.15, 0.2) is 36.8 Å². The van der Waals surface area contributed by atoms with E-state index in [2.05, 4.69) is 14.3 Å². The van der Waals surface area contributed by atoms with E-state index in [0.29, 0.717) is 31.6 Å². The third kappa shape index (κ3) is 4.70. The molecule has 0 aliphatic carbocycles. The second-order valence-corrected chi connectivity index (χ2v) is 8.74. The second kappa shape index (κ2) is 7.59. The second-order valence-electron chi connectivity index (χ2n) is 6.91. The summed E-state index contributed by atoms with van der Waals surface area (Å²) < 4.78 is 27.3. The fourth-order valence-electron chi connectivity index (χ4n) is 3.32. The third-order valence-electron chi connectivity index (χ3n) is 4.54.